The highest BCUT2D eigenvalue weighted by Crippen LogP contribution is 2.48. The Balaban J connectivity index is 1.15. The highest BCUT2D eigenvalue weighted by molar-refractivity contribution is 7.91. The summed E-state index contributed by atoms with van der Waals surface area (Å²) in [7, 11) is -2.40. The second-order valence-electron chi connectivity index (χ2n) is 18.2. The summed E-state index contributed by atoms with van der Waals surface area (Å²) in [6.45, 7) is 9.19. The molecule has 340 valence electrons. The lowest BCUT2D eigenvalue weighted by Gasteiger charge is -2.30. The third-order valence-electron chi connectivity index (χ3n) is 13.0. The second kappa shape index (κ2) is 17.8. The number of aryl methyl sites for hydroxylation is 1. The first-order valence-electron chi connectivity index (χ1n) is 22.1. The van der Waals surface area contributed by atoms with Crippen LogP contribution in [0.3, 0.4) is 0 Å². The van der Waals surface area contributed by atoms with E-state index in [4.69, 9.17) is 19.4 Å². The maximum Gasteiger partial charge on any atom is 0.259 e. The number of fused-ring (bicyclic) bond motifs is 3. The van der Waals surface area contributed by atoms with Gasteiger partial charge in [0.05, 0.1) is 29.6 Å². The maximum atomic E-state index is 15.0. The van der Waals surface area contributed by atoms with Crippen LogP contribution in [0.5, 0.6) is 11.5 Å². The number of methoxy groups -OCH3 is 1. The minimum Gasteiger partial charge on any atom is -0.496 e. The highest BCUT2D eigenvalue weighted by atomic mass is 32.2. The molecule has 2 aliphatic carbocycles. The number of allylic oxidation sites excluding steroid dienone is 1. The van der Waals surface area contributed by atoms with Gasteiger partial charge in [0.2, 0.25) is 27.7 Å². The fraction of sp³-hybridized carbons (Fsp3) is 0.489. The molecule has 3 fully saturated rings. The molecular weight excluding hydrogens is 855 g/mol. The molecule has 8 rings (SSSR count). The summed E-state index contributed by atoms with van der Waals surface area (Å²) in [5.41, 5.74) is 2.80. The van der Waals surface area contributed by atoms with Gasteiger partial charge in [0.15, 0.2) is 0 Å². The fourth-order valence-electron chi connectivity index (χ4n) is 8.66. The average Bonchev–Trinajstić information content (AvgIpc) is 4.03. The van der Waals surface area contributed by atoms with E-state index in [1.807, 2.05) is 42.7 Å². The molecule has 4 N–H and O–H groups in total. The molecule has 0 radical (unpaired) electrons. The average molecular weight is 912 g/mol. The summed E-state index contributed by atoms with van der Waals surface area (Å²) in [6, 6.07) is 10.9. The second-order valence-corrected chi connectivity index (χ2v) is 21.2. The molecule has 2 saturated carbocycles. The molecule has 5 atom stereocenters. The Morgan fingerprint density at radius 3 is 2.45 bits per heavy atom. The number of hydrogen-bond acceptors (Lipinski definition) is 12. The molecule has 2 aromatic carbocycles. The molecule has 4 aliphatic rings. The molecule has 64 heavy (non-hydrogen) atoms. The SMILES string of the molecule is COc1ccc2c(O[C@@H]3C[C@H]4C(=O)N[C@]5(C(=O)NS(=O)(=O)C6(C)CC6)C[C@H]5C=CCCCCC[C@H](Nc5ccc(NC(C)=O)cc5)C(=O)N4C3)cc(-c3nc(C(C)C)cs3)nc2c1C. The van der Waals surface area contributed by atoms with Gasteiger partial charge in [0.25, 0.3) is 5.91 Å². The van der Waals surface area contributed by atoms with Crippen LogP contribution in [-0.2, 0) is 29.2 Å². The van der Waals surface area contributed by atoms with Crippen LogP contribution in [0, 0.1) is 12.8 Å². The number of ether oxygens (including phenoxy) is 2. The Bertz CT molecular complexity index is 2610. The van der Waals surface area contributed by atoms with Crippen molar-refractivity contribution in [2.45, 2.75) is 127 Å². The molecule has 17 heteroatoms. The van der Waals surface area contributed by atoms with Crippen LogP contribution in [-0.4, -0.2) is 89.0 Å². The lowest BCUT2D eigenvalue weighted by atomic mass is 10.0. The summed E-state index contributed by atoms with van der Waals surface area (Å²) in [6.07, 6.45) is 8.01. The highest BCUT2D eigenvalue weighted by Gasteiger charge is 2.63. The van der Waals surface area contributed by atoms with Crippen molar-refractivity contribution in [2.24, 2.45) is 5.92 Å². The van der Waals surface area contributed by atoms with Gasteiger partial charge in [-0.3, -0.25) is 23.9 Å². The summed E-state index contributed by atoms with van der Waals surface area (Å²) in [5.74, 6) is -0.911. The van der Waals surface area contributed by atoms with Crippen molar-refractivity contribution in [3.63, 3.8) is 0 Å². The lowest BCUT2D eigenvalue weighted by Crippen LogP contribution is -2.58. The molecule has 1 saturated heterocycles. The third kappa shape index (κ3) is 9.19. The Morgan fingerprint density at radius 1 is 1.02 bits per heavy atom. The largest absolute Gasteiger partial charge is 0.496 e. The maximum absolute atomic E-state index is 15.0. The Morgan fingerprint density at radius 2 is 1.77 bits per heavy atom. The molecule has 4 amide bonds. The summed E-state index contributed by atoms with van der Waals surface area (Å²) >= 11 is 1.49. The van der Waals surface area contributed by atoms with Gasteiger partial charge in [-0.1, -0.05) is 38.8 Å². The van der Waals surface area contributed by atoms with Crippen molar-refractivity contribution in [1.29, 1.82) is 0 Å². The van der Waals surface area contributed by atoms with Gasteiger partial charge < -0.3 is 30.3 Å². The molecule has 2 aromatic heterocycles. The van der Waals surface area contributed by atoms with Gasteiger partial charge in [-0.25, -0.2) is 18.4 Å². The van der Waals surface area contributed by atoms with Crippen LogP contribution < -0.4 is 30.1 Å². The summed E-state index contributed by atoms with van der Waals surface area (Å²) < 4.78 is 40.5. The number of aromatic nitrogens is 2. The van der Waals surface area contributed by atoms with Crippen molar-refractivity contribution in [3.8, 4) is 22.2 Å². The predicted octanol–water partition coefficient (Wildman–Crippen LogP) is 6.98. The van der Waals surface area contributed by atoms with Crippen LogP contribution in [0.4, 0.5) is 11.4 Å². The van der Waals surface area contributed by atoms with E-state index in [1.165, 1.54) is 23.2 Å². The van der Waals surface area contributed by atoms with Gasteiger partial charge >= 0.3 is 0 Å². The van der Waals surface area contributed by atoms with E-state index in [-0.39, 0.29) is 37.1 Å². The van der Waals surface area contributed by atoms with E-state index in [0.717, 1.165) is 47.3 Å². The van der Waals surface area contributed by atoms with Crippen molar-refractivity contribution < 1.29 is 37.1 Å². The summed E-state index contributed by atoms with van der Waals surface area (Å²) in [5, 5.41) is 12.6. The third-order valence-corrected chi connectivity index (χ3v) is 16.1. The number of amides is 4. The Kier molecular flexibility index (Phi) is 12.5. The first-order chi connectivity index (χ1) is 30.5. The van der Waals surface area contributed by atoms with Crippen LogP contribution >= 0.6 is 11.3 Å². The smallest absolute Gasteiger partial charge is 0.259 e. The lowest BCUT2D eigenvalue weighted by molar-refractivity contribution is -0.140. The topological polar surface area (TPSA) is 198 Å². The number of carbonyl (C=O) groups excluding carboxylic acids is 4. The predicted molar refractivity (Wildman–Crippen MR) is 247 cm³/mol. The number of hydrogen-bond donors (Lipinski definition) is 4. The van der Waals surface area contributed by atoms with Crippen molar-refractivity contribution in [3.05, 3.63) is 71.3 Å². The van der Waals surface area contributed by atoms with Gasteiger partial charge in [-0.2, -0.15) is 0 Å². The fourth-order valence-corrected chi connectivity index (χ4v) is 10.9. The van der Waals surface area contributed by atoms with Gasteiger partial charge in [-0.05, 0) is 94.7 Å². The number of nitrogens with zero attached hydrogens (tertiary/aromatic N) is 3. The van der Waals surface area contributed by atoms with E-state index < -0.39 is 56.2 Å². The van der Waals surface area contributed by atoms with E-state index in [1.54, 1.807) is 38.3 Å². The normalized spacial score (nSPS) is 24.5. The molecule has 2 aliphatic heterocycles. The van der Waals surface area contributed by atoms with Crippen molar-refractivity contribution >= 4 is 67.3 Å². The first-order valence-corrected chi connectivity index (χ1v) is 24.5. The number of pyridine rings is 1. The van der Waals surface area contributed by atoms with E-state index in [2.05, 4.69) is 34.5 Å². The van der Waals surface area contributed by atoms with E-state index in [9.17, 15) is 22.8 Å². The van der Waals surface area contributed by atoms with E-state index in [0.29, 0.717) is 53.3 Å². The minimum atomic E-state index is -4.00. The minimum absolute atomic E-state index is 0.0505. The van der Waals surface area contributed by atoms with Crippen LogP contribution in [0.15, 0.2) is 60.0 Å². The monoisotopic (exact) mass is 911 g/mol. The number of thiazole rings is 1. The van der Waals surface area contributed by atoms with Crippen molar-refractivity contribution in [2.75, 3.05) is 24.3 Å². The molecular formula is C47H57N7O8S2. The zero-order valence-corrected chi connectivity index (χ0v) is 38.8. The Hall–Kier alpha value is -5.55. The number of benzene rings is 2. The van der Waals surface area contributed by atoms with Crippen LogP contribution in [0.25, 0.3) is 21.6 Å². The molecule has 0 spiro atoms. The number of nitrogens with one attached hydrogen (secondary N) is 4. The first kappa shape index (κ1) is 45.0. The summed E-state index contributed by atoms with van der Waals surface area (Å²) in [4.78, 5) is 67.1. The van der Waals surface area contributed by atoms with Crippen LogP contribution in [0.1, 0.15) is 103 Å². The van der Waals surface area contributed by atoms with Crippen molar-refractivity contribution in [1.82, 2.24) is 24.9 Å². The van der Waals surface area contributed by atoms with Gasteiger partial charge in [-0.15, -0.1) is 11.3 Å². The standard InChI is InChI=1S/C47H57N7O8S2/c1-27(2)37-26-63-43(51-37)36-23-40(34-18-19-39(61-6)28(3)41(34)50-36)62-33-22-38-42(56)52-47(45(58)53-64(59,60)46(5)20-21-46)24-30(47)12-10-8-7-9-11-13-35(44(57)54(38)25-33)49-32-16-14-31(15-17-32)48-29(4)55/h10,12,14-19,23,26-27,30,33,35,38,49H,7-9,11,13,20-22,24-25H2,1-6H3,(H,48,55)(H,52,56)(H,53,58)/t30-,33-,35+,38+,47-/m1/s1. The van der Waals surface area contributed by atoms with Gasteiger partial charge in [0, 0.05) is 53.0 Å². The molecule has 15 nitrogen and oxygen atoms in total. The molecule has 4 heterocycles. The quantitative estimate of drug-likeness (QED) is 0.113. The Labute approximate surface area is 378 Å². The number of carbonyl (C=O) groups is 4. The zero-order valence-electron chi connectivity index (χ0n) is 37.2. The number of sulfonamides is 1. The molecule has 0 unspecified atom stereocenters. The number of anilines is 2. The molecule has 0 bridgehead atoms. The zero-order chi connectivity index (χ0) is 45.6. The molecule has 4 aromatic rings. The number of rotatable bonds is 11. The van der Waals surface area contributed by atoms with E-state index >= 15 is 4.79 Å². The van der Waals surface area contributed by atoms with Gasteiger partial charge in [0.1, 0.15) is 45.9 Å². The van der Waals surface area contributed by atoms with Crippen LogP contribution in [0.2, 0.25) is 0 Å².